The van der Waals surface area contributed by atoms with Gasteiger partial charge in [-0.2, -0.15) is 4.99 Å². The number of thiazole rings is 1. The number of amides is 1. The molecule has 0 unspecified atom stereocenters. The van der Waals surface area contributed by atoms with Gasteiger partial charge in [0.25, 0.3) is 5.91 Å². The van der Waals surface area contributed by atoms with Gasteiger partial charge in [-0.25, -0.2) is 4.79 Å². The van der Waals surface area contributed by atoms with Crippen molar-refractivity contribution in [3.8, 4) is 18.1 Å². The van der Waals surface area contributed by atoms with Gasteiger partial charge in [0.05, 0.1) is 43.0 Å². The molecule has 0 fully saturated rings. The van der Waals surface area contributed by atoms with E-state index in [1.807, 2.05) is 12.1 Å². The second-order valence-electron chi connectivity index (χ2n) is 5.88. The van der Waals surface area contributed by atoms with Crippen LogP contribution in [0.15, 0.2) is 47.5 Å². The van der Waals surface area contributed by atoms with Crippen molar-refractivity contribution >= 4 is 33.4 Å². The highest BCUT2D eigenvalue weighted by atomic mass is 32.1. The number of esters is 1. The molecule has 142 valence electrons. The van der Waals surface area contributed by atoms with E-state index in [0.29, 0.717) is 10.4 Å². The number of hydrogen-bond acceptors (Lipinski definition) is 5. The highest BCUT2D eigenvalue weighted by Crippen LogP contribution is 2.20. The van der Waals surface area contributed by atoms with Crippen LogP contribution >= 0.6 is 11.3 Å². The lowest BCUT2D eigenvalue weighted by molar-refractivity contribution is -0.117. The predicted molar refractivity (Wildman–Crippen MR) is 107 cm³/mol. The summed E-state index contributed by atoms with van der Waals surface area (Å²) < 4.78 is 12.5. The fourth-order valence-electron chi connectivity index (χ4n) is 2.71. The zero-order chi connectivity index (χ0) is 20.1. The van der Waals surface area contributed by atoms with Crippen LogP contribution in [-0.2, 0) is 22.5 Å². The first-order valence-corrected chi connectivity index (χ1v) is 9.23. The van der Waals surface area contributed by atoms with E-state index in [-0.39, 0.29) is 18.9 Å². The van der Waals surface area contributed by atoms with Crippen LogP contribution < -0.4 is 9.54 Å². The summed E-state index contributed by atoms with van der Waals surface area (Å²) in [5, 5.41) is 0. The van der Waals surface area contributed by atoms with Crippen LogP contribution in [0, 0.1) is 12.3 Å². The van der Waals surface area contributed by atoms with Crippen LogP contribution in [0.4, 0.5) is 0 Å². The number of methoxy groups -OCH3 is 2. The first kappa shape index (κ1) is 19.4. The molecule has 0 aliphatic carbocycles. The van der Waals surface area contributed by atoms with Crippen LogP contribution in [0.25, 0.3) is 10.2 Å². The molecule has 28 heavy (non-hydrogen) atoms. The number of carbonyl (C=O) groups excluding carboxylic acids is 2. The van der Waals surface area contributed by atoms with Gasteiger partial charge in [-0.05, 0) is 35.9 Å². The van der Waals surface area contributed by atoms with Crippen LogP contribution in [-0.4, -0.2) is 30.7 Å². The Balaban J connectivity index is 1.97. The molecule has 0 atom stereocenters. The summed E-state index contributed by atoms with van der Waals surface area (Å²) >= 11 is 1.30. The van der Waals surface area contributed by atoms with Crippen molar-refractivity contribution in [1.29, 1.82) is 0 Å². The normalized spacial score (nSPS) is 11.2. The monoisotopic (exact) mass is 394 g/mol. The van der Waals surface area contributed by atoms with Gasteiger partial charge in [0.2, 0.25) is 0 Å². The highest BCUT2D eigenvalue weighted by Gasteiger charge is 2.12. The van der Waals surface area contributed by atoms with E-state index in [1.165, 1.54) is 18.4 Å². The van der Waals surface area contributed by atoms with E-state index in [1.54, 1.807) is 42.0 Å². The number of rotatable bonds is 5. The topological polar surface area (TPSA) is 69.9 Å². The largest absolute Gasteiger partial charge is 0.497 e. The molecule has 7 heteroatoms. The summed E-state index contributed by atoms with van der Waals surface area (Å²) in [5.41, 5.74) is 2.08. The highest BCUT2D eigenvalue weighted by molar-refractivity contribution is 7.16. The van der Waals surface area contributed by atoms with Gasteiger partial charge in [0.1, 0.15) is 5.75 Å². The third kappa shape index (κ3) is 4.13. The standard InChI is InChI=1S/C21H18N2O4S/c1-4-11-23-17-10-7-15(20(25)27-3)13-18(17)28-21(23)22-19(24)12-14-5-8-16(26-2)9-6-14/h1,5-10,13H,11-12H2,2-3H3. The Bertz CT molecular complexity index is 1130. The van der Waals surface area contributed by atoms with Gasteiger partial charge >= 0.3 is 5.97 Å². The lowest BCUT2D eigenvalue weighted by Crippen LogP contribution is -2.17. The average molecular weight is 394 g/mol. The first-order valence-electron chi connectivity index (χ1n) is 8.41. The van der Waals surface area contributed by atoms with E-state index in [2.05, 4.69) is 10.9 Å². The maximum absolute atomic E-state index is 12.5. The summed E-state index contributed by atoms with van der Waals surface area (Å²) in [4.78, 5) is 29.0. The second-order valence-corrected chi connectivity index (χ2v) is 6.89. The van der Waals surface area contributed by atoms with Crippen molar-refractivity contribution in [2.24, 2.45) is 4.99 Å². The molecule has 0 bridgehead atoms. The first-order chi connectivity index (χ1) is 13.5. The maximum Gasteiger partial charge on any atom is 0.337 e. The predicted octanol–water partition coefficient (Wildman–Crippen LogP) is 2.80. The molecule has 1 aromatic heterocycles. The van der Waals surface area contributed by atoms with Crippen molar-refractivity contribution in [3.05, 3.63) is 58.4 Å². The van der Waals surface area contributed by atoms with Crippen molar-refractivity contribution < 1.29 is 19.1 Å². The SMILES string of the molecule is C#CCn1c(=NC(=O)Cc2ccc(OC)cc2)sc2cc(C(=O)OC)ccc21. The quantitative estimate of drug-likeness (QED) is 0.493. The zero-order valence-corrected chi connectivity index (χ0v) is 16.3. The summed E-state index contributed by atoms with van der Waals surface area (Å²) in [6.45, 7) is 0.270. The maximum atomic E-state index is 12.5. The van der Waals surface area contributed by atoms with Gasteiger partial charge in [0.15, 0.2) is 4.80 Å². The van der Waals surface area contributed by atoms with Gasteiger partial charge in [-0.1, -0.05) is 29.4 Å². The lowest BCUT2D eigenvalue weighted by Gasteiger charge is -2.02. The van der Waals surface area contributed by atoms with Crippen molar-refractivity contribution in [2.45, 2.75) is 13.0 Å². The number of nitrogens with zero attached hydrogens (tertiary/aromatic N) is 2. The number of carbonyl (C=O) groups is 2. The molecular weight excluding hydrogens is 376 g/mol. The molecule has 0 saturated carbocycles. The molecule has 0 N–H and O–H groups in total. The lowest BCUT2D eigenvalue weighted by atomic mass is 10.1. The molecule has 2 aromatic carbocycles. The Morgan fingerprint density at radius 2 is 1.93 bits per heavy atom. The smallest absolute Gasteiger partial charge is 0.337 e. The Morgan fingerprint density at radius 1 is 1.18 bits per heavy atom. The summed E-state index contributed by atoms with van der Waals surface area (Å²) in [7, 11) is 2.92. The average Bonchev–Trinajstić information content (AvgIpc) is 3.04. The van der Waals surface area contributed by atoms with Gasteiger partial charge in [-0.3, -0.25) is 4.79 Å². The molecule has 0 spiro atoms. The van der Waals surface area contributed by atoms with Gasteiger partial charge in [0, 0.05) is 0 Å². The molecular formula is C21H18N2O4S. The fourth-order valence-corrected chi connectivity index (χ4v) is 3.80. The number of fused-ring (bicyclic) bond motifs is 1. The van der Waals surface area contributed by atoms with Gasteiger partial charge in [-0.15, -0.1) is 6.42 Å². The minimum atomic E-state index is -0.423. The van der Waals surface area contributed by atoms with Crippen LogP contribution in [0.1, 0.15) is 15.9 Å². The van der Waals surface area contributed by atoms with Crippen molar-refractivity contribution in [2.75, 3.05) is 14.2 Å². The summed E-state index contributed by atoms with van der Waals surface area (Å²) in [6, 6.07) is 12.4. The second kappa shape index (κ2) is 8.55. The molecule has 1 amide bonds. The number of ether oxygens (including phenoxy) is 2. The minimum Gasteiger partial charge on any atom is -0.497 e. The number of terminal acetylenes is 1. The number of benzene rings is 2. The van der Waals surface area contributed by atoms with E-state index in [4.69, 9.17) is 15.9 Å². The van der Waals surface area contributed by atoms with Crippen molar-refractivity contribution in [1.82, 2.24) is 4.57 Å². The molecule has 3 aromatic rings. The van der Waals surface area contributed by atoms with E-state index in [0.717, 1.165) is 21.5 Å². The van der Waals surface area contributed by atoms with Crippen LogP contribution in [0.3, 0.4) is 0 Å². The Labute approximate surface area is 166 Å². The molecule has 0 aliphatic rings. The van der Waals surface area contributed by atoms with E-state index >= 15 is 0 Å². The fraction of sp³-hybridized carbons (Fsp3) is 0.190. The minimum absolute atomic E-state index is 0.168. The molecule has 0 radical (unpaired) electrons. The van der Waals surface area contributed by atoms with Gasteiger partial charge < -0.3 is 14.0 Å². The Morgan fingerprint density at radius 3 is 2.57 bits per heavy atom. The molecule has 1 heterocycles. The third-order valence-electron chi connectivity index (χ3n) is 4.09. The summed E-state index contributed by atoms with van der Waals surface area (Å²) in [6.07, 6.45) is 5.65. The zero-order valence-electron chi connectivity index (χ0n) is 15.5. The van der Waals surface area contributed by atoms with Crippen molar-refractivity contribution in [3.63, 3.8) is 0 Å². The third-order valence-corrected chi connectivity index (χ3v) is 5.13. The van der Waals surface area contributed by atoms with E-state index < -0.39 is 5.97 Å². The molecule has 6 nitrogen and oxygen atoms in total. The summed E-state index contributed by atoms with van der Waals surface area (Å²) in [5.74, 6) is 2.60. The molecule has 0 aliphatic heterocycles. The number of hydrogen-bond donors (Lipinski definition) is 0. The Kier molecular flexibility index (Phi) is 5.92. The van der Waals surface area contributed by atoms with E-state index in [9.17, 15) is 9.59 Å². The van der Waals surface area contributed by atoms with Crippen LogP contribution in [0.5, 0.6) is 5.75 Å². The number of aromatic nitrogens is 1. The Hall–Kier alpha value is -3.37. The molecule has 0 saturated heterocycles. The van der Waals surface area contributed by atoms with Crippen LogP contribution in [0.2, 0.25) is 0 Å². The molecule has 3 rings (SSSR count).